The highest BCUT2D eigenvalue weighted by Gasteiger charge is 2.35. The number of thioether (sulfide) groups is 1. The zero-order valence-electron chi connectivity index (χ0n) is 17.8. The van der Waals surface area contributed by atoms with Gasteiger partial charge >= 0.3 is 5.97 Å². The van der Waals surface area contributed by atoms with Crippen LogP contribution in [0.3, 0.4) is 0 Å². The van der Waals surface area contributed by atoms with Crippen LogP contribution >= 0.6 is 46.0 Å². The molecule has 172 valence electrons. The fourth-order valence-corrected chi connectivity index (χ4v) is 5.04. The summed E-state index contributed by atoms with van der Waals surface area (Å²) in [5.74, 6) is -0.428. The predicted molar refractivity (Wildman–Crippen MR) is 140 cm³/mol. The fourth-order valence-electron chi connectivity index (χ4n) is 3.25. The number of imide groups is 1. The molecule has 3 aromatic carbocycles. The van der Waals surface area contributed by atoms with Crippen molar-refractivity contribution in [3.8, 4) is 11.5 Å². The molecule has 0 bridgehead atoms. The number of nitrogens with zero attached hydrogens (tertiary/aromatic N) is 1. The molecule has 0 N–H and O–H groups in total. The van der Waals surface area contributed by atoms with Crippen molar-refractivity contribution in [1.82, 2.24) is 4.90 Å². The van der Waals surface area contributed by atoms with E-state index in [1.165, 1.54) is 12.0 Å². The molecule has 0 spiro atoms. The Hall–Kier alpha value is -2.82. The van der Waals surface area contributed by atoms with E-state index in [4.69, 9.17) is 21.1 Å². The van der Waals surface area contributed by atoms with Gasteiger partial charge in [-0.2, -0.15) is 0 Å². The molecule has 0 atom stereocenters. The number of hydrogen-bond acceptors (Lipinski definition) is 6. The second-order valence-corrected chi connectivity index (χ2v) is 9.72. The molecule has 0 saturated carbocycles. The van der Waals surface area contributed by atoms with Gasteiger partial charge in [0.15, 0.2) is 11.5 Å². The molecule has 3 aromatic rings. The first kappa shape index (κ1) is 24.3. The third kappa shape index (κ3) is 5.29. The van der Waals surface area contributed by atoms with Crippen LogP contribution in [0.25, 0.3) is 6.08 Å². The first-order valence-electron chi connectivity index (χ1n) is 10.0. The van der Waals surface area contributed by atoms with Crippen LogP contribution in [0.1, 0.15) is 21.5 Å². The van der Waals surface area contributed by atoms with E-state index in [-0.39, 0.29) is 34.0 Å². The van der Waals surface area contributed by atoms with Crippen LogP contribution in [0, 0.1) is 3.57 Å². The summed E-state index contributed by atoms with van der Waals surface area (Å²) in [5, 5.41) is -0.0450. The molecule has 1 heterocycles. The summed E-state index contributed by atoms with van der Waals surface area (Å²) in [6.07, 6.45) is 1.63. The Kier molecular flexibility index (Phi) is 7.60. The second-order valence-electron chi connectivity index (χ2n) is 7.16. The summed E-state index contributed by atoms with van der Waals surface area (Å²) in [6.45, 7) is 0.209. The van der Waals surface area contributed by atoms with E-state index in [9.17, 15) is 14.4 Å². The summed E-state index contributed by atoms with van der Waals surface area (Å²) >= 11 is 9.01. The standard InChI is InChI=1S/C25H17ClINO5S/c1-32-20-12-16(11-19(27)22(20)33-24(30)17-9-5-6-10-18(17)26)13-21-23(29)28(25(31)34-21)14-15-7-3-2-4-8-15/h2-13H,14H2,1H3/b21-13-. The summed E-state index contributed by atoms with van der Waals surface area (Å²) in [6, 6.07) is 19.3. The highest BCUT2D eigenvalue weighted by molar-refractivity contribution is 14.1. The molecule has 1 fully saturated rings. The highest BCUT2D eigenvalue weighted by atomic mass is 127. The summed E-state index contributed by atoms with van der Waals surface area (Å²) in [4.78, 5) is 39.5. The third-order valence-corrected chi connectivity index (χ3v) is 6.93. The number of rotatable bonds is 6. The van der Waals surface area contributed by atoms with Gasteiger partial charge in [-0.15, -0.1) is 0 Å². The number of methoxy groups -OCH3 is 1. The topological polar surface area (TPSA) is 72.9 Å². The van der Waals surface area contributed by atoms with E-state index >= 15 is 0 Å². The first-order valence-corrected chi connectivity index (χ1v) is 12.3. The van der Waals surface area contributed by atoms with Crippen LogP contribution in [-0.4, -0.2) is 29.1 Å². The monoisotopic (exact) mass is 605 g/mol. The maximum Gasteiger partial charge on any atom is 0.345 e. The average molecular weight is 606 g/mol. The van der Waals surface area contributed by atoms with Gasteiger partial charge in [-0.1, -0.05) is 54.1 Å². The van der Waals surface area contributed by atoms with Gasteiger partial charge in [0.05, 0.1) is 32.7 Å². The van der Waals surface area contributed by atoms with E-state index in [1.807, 2.05) is 52.9 Å². The Morgan fingerprint density at radius 1 is 1.09 bits per heavy atom. The number of amides is 2. The van der Waals surface area contributed by atoms with Crippen LogP contribution in [0.4, 0.5) is 4.79 Å². The number of carbonyl (C=O) groups excluding carboxylic acids is 3. The lowest BCUT2D eigenvalue weighted by atomic mass is 10.1. The number of esters is 1. The molecule has 0 radical (unpaired) electrons. The normalized spacial score (nSPS) is 14.6. The molecule has 0 aliphatic carbocycles. The summed E-state index contributed by atoms with van der Waals surface area (Å²) < 4.78 is 11.6. The lowest BCUT2D eigenvalue weighted by molar-refractivity contribution is -0.123. The number of halogens is 2. The van der Waals surface area contributed by atoms with Crippen LogP contribution in [0.5, 0.6) is 11.5 Å². The van der Waals surface area contributed by atoms with Crippen LogP contribution in [0.2, 0.25) is 5.02 Å². The largest absolute Gasteiger partial charge is 0.493 e. The van der Waals surface area contributed by atoms with Crippen molar-refractivity contribution < 1.29 is 23.9 Å². The second kappa shape index (κ2) is 10.6. The Bertz CT molecular complexity index is 1310. The first-order chi connectivity index (χ1) is 16.4. The minimum Gasteiger partial charge on any atom is -0.493 e. The molecular weight excluding hydrogens is 589 g/mol. The Morgan fingerprint density at radius 2 is 1.79 bits per heavy atom. The van der Waals surface area contributed by atoms with E-state index in [0.717, 1.165) is 17.3 Å². The zero-order valence-corrected chi connectivity index (χ0v) is 21.5. The van der Waals surface area contributed by atoms with E-state index in [0.29, 0.717) is 19.8 Å². The molecule has 9 heteroatoms. The summed E-state index contributed by atoms with van der Waals surface area (Å²) in [5.41, 5.74) is 1.73. The molecular formula is C25H17ClINO5S. The number of carbonyl (C=O) groups is 3. The maximum atomic E-state index is 12.9. The van der Waals surface area contributed by atoms with Gasteiger partial charge in [-0.25, -0.2) is 4.79 Å². The molecule has 1 saturated heterocycles. The van der Waals surface area contributed by atoms with Crippen molar-refractivity contribution >= 4 is 69.1 Å². The maximum absolute atomic E-state index is 12.9. The zero-order chi connectivity index (χ0) is 24.2. The van der Waals surface area contributed by atoms with Crippen molar-refractivity contribution in [2.45, 2.75) is 6.54 Å². The van der Waals surface area contributed by atoms with Gasteiger partial charge in [0.2, 0.25) is 0 Å². The van der Waals surface area contributed by atoms with Crippen molar-refractivity contribution in [1.29, 1.82) is 0 Å². The van der Waals surface area contributed by atoms with Gasteiger partial charge in [-0.3, -0.25) is 14.5 Å². The molecule has 2 amide bonds. The fraction of sp³-hybridized carbons (Fsp3) is 0.0800. The van der Waals surface area contributed by atoms with Crippen molar-refractivity contribution in [2.24, 2.45) is 0 Å². The molecule has 1 aliphatic rings. The van der Waals surface area contributed by atoms with E-state index in [1.54, 1.807) is 42.5 Å². The van der Waals surface area contributed by atoms with E-state index < -0.39 is 5.97 Å². The van der Waals surface area contributed by atoms with Crippen LogP contribution < -0.4 is 9.47 Å². The minimum atomic E-state index is -0.614. The smallest absolute Gasteiger partial charge is 0.345 e. The Morgan fingerprint density at radius 3 is 2.50 bits per heavy atom. The van der Waals surface area contributed by atoms with Gasteiger partial charge in [0.1, 0.15) is 0 Å². The lowest BCUT2D eigenvalue weighted by Gasteiger charge is -2.13. The predicted octanol–water partition coefficient (Wildman–Crippen LogP) is 6.41. The molecule has 0 unspecified atom stereocenters. The van der Waals surface area contributed by atoms with Crippen molar-refractivity contribution in [3.63, 3.8) is 0 Å². The highest BCUT2D eigenvalue weighted by Crippen LogP contribution is 2.38. The number of hydrogen-bond donors (Lipinski definition) is 0. The number of benzene rings is 3. The van der Waals surface area contributed by atoms with Gasteiger partial charge in [0, 0.05) is 0 Å². The molecule has 6 nitrogen and oxygen atoms in total. The number of ether oxygens (including phenoxy) is 2. The average Bonchev–Trinajstić information content (AvgIpc) is 3.08. The van der Waals surface area contributed by atoms with Crippen molar-refractivity contribution in [2.75, 3.05) is 7.11 Å². The van der Waals surface area contributed by atoms with Crippen molar-refractivity contribution in [3.05, 3.63) is 96.9 Å². The summed E-state index contributed by atoms with van der Waals surface area (Å²) in [7, 11) is 1.45. The van der Waals surface area contributed by atoms with Gasteiger partial charge < -0.3 is 9.47 Å². The van der Waals surface area contributed by atoms with Gasteiger partial charge in [-0.05, 0) is 75.8 Å². The molecule has 1 aliphatic heterocycles. The van der Waals surface area contributed by atoms with Crippen LogP contribution in [0.15, 0.2) is 71.6 Å². The van der Waals surface area contributed by atoms with Gasteiger partial charge in [0.25, 0.3) is 11.1 Å². The Balaban J connectivity index is 1.58. The molecule has 34 heavy (non-hydrogen) atoms. The Labute approximate surface area is 219 Å². The lowest BCUT2D eigenvalue weighted by Crippen LogP contribution is -2.27. The third-order valence-electron chi connectivity index (χ3n) is 4.90. The molecule has 4 rings (SSSR count). The quantitative estimate of drug-likeness (QED) is 0.140. The van der Waals surface area contributed by atoms with E-state index in [2.05, 4.69) is 0 Å². The molecule has 0 aromatic heterocycles. The van der Waals surface area contributed by atoms with Crippen LogP contribution in [-0.2, 0) is 11.3 Å². The SMILES string of the molecule is COc1cc(/C=C2\SC(=O)N(Cc3ccccc3)C2=O)cc(I)c1OC(=O)c1ccccc1Cl. The minimum absolute atomic E-state index is 0.209.